The fourth-order valence-electron chi connectivity index (χ4n) is 1.83. The number of hydrogen-bond donors (Lipinski definition) is 2. The number of rotatable bonds is 6. The van der Waals surface area contributed by atoms with E-state index in [1.54, 1.807) is 12.1 Å². The molecule has 108 valence electrons. The summed E-state index contributed by atoms with van der Waals surface area (Å²) in [6.07, 6.45) is 0.876. The number of hydrogen-bond acceptors (Lipinski definition) is 4. The van der Waals surface area contributed by atoms with Crippen LogP contribution < -0.4 is 10.0 Å². The third-order valence-corrected chi connectivity index (χ3v) is 5.80. The van der Waals surface area contributed by atoms with E-state index in [4.69, 9.17) is 0 Å². The molecule has 20 heavy (non-hydrogen) atoms. The first-order valence-electron chi connectivity index (χ1n) is 6.40. The van der Waals surface area contributed by atoms with Crippen molar-refractivity contribution in [1.29, 1.82) is 0 Å². The van der Waals surface area contributed by atoms with Crippen LogP contribution in [0.3, 0.4) is 0 Å². The highest BCUT2D eigenvalue weighted by molar-refractivity contribution is 7.94. The molecule has 0 bridgehead atoms. The van der Waals surface area contributed by atoms with Crippen molar-refractivity contribution in [3.8, 4) is 0 Å². The standard InChI is InChI=1S/C14H18N2O2S2/c1-3-11-5-4-6-12(9-11)16-20(17,18)14-8-7-13(19-14)10-15-2/h4-9,15-16H,3,10H2,1-2H3. The van der Waals surface area contributed by atoms with Crippen molar-refractivity contribution in [2.24, 2.45) is 0 Å². The van der Waals surface area contributed by atoms with E-state index < -0.39 is 10.0 Å². The summed E-state index contributed by atoms with van der Waals surface area (Å²) in [5.74, 6) is 0. The average Bonchev–Trinajstić information content (AvgIpc) is 2.88. The maximum atomic E-state index is 12.3. The second-order valence-corrected chi connectivity index (χ2v) is 7.49. The van der Waals surface area contributed by atoms with Crippen LogP contribution in [0, 0.1) is 0 Å². The molecule has 0 saturated heterocycles. The number of anilines is 1. The summed E-state index contributed by atoms with van der Waals surface area (Å²) in [6, 6.07) is 10.9. The zero-order valence-corrected chi connectivity index (χ0v) is 13.1. The lowest BCUT2D eigenvalue weighted by Gasteiger charge is -2.07. The number of thiophene rings is 1. The molecule has 1 aromatic heterocycles. The van der Waals surface area contributed by atoms with Crippen LogP contribution in [0.1, 0.15) is 17.4 Å². The minimum absolute atomic E-state index is 0.338. The van der Waals surface area contributed by atoms with Crippen LogP contribution in [-0.4, -0.2) is 15.5 Å². The van der Waals surface area contributed by atoms with Crippen molar-refractivity contribution in [3.05, 3.63) is 46.8 Å². The van der Waals surface area contributed by atoms with Crippen LogP contribution in [-0.2, 0) is 23.0 Å². The highest BCUT2D eigenvalue weighted by atomic mass is 32.2. The summed E-state index contributed by atoms with van der Waals surface area (Å²) in [6.45, 7) is 2.71. The van der Waals surface area contributed by atoms with Gasteiger partial charge in [-0.25, -0.2) is 8.42 Å². The Morgan fingerprint density at radius 1 is 1.20 bits per heavy atom. The lowest BCUT2D eigenvalue weighted by atomic mass is 10.1. The maximum Gasteiger partial charge on any atom is 0.271 e. The van der Waals surface area contributed by atoms with Crippen LogP contribution >= 0.6 is 11.3 Å². The molecule has 2 N–H and O–H groups in total. The highest BCUT2D eigenvalue weighted by Gasteiger charge is 2.16. The second-order valence-electron chi connectivity index (χ2n) is 4.41. The lowest BCUT2D eigenvalue weighted by molar-refractivity contribution is 0.603. The third kappa shape index (κ3) is 3.59. The first-order valence-corrected chi connectivity index (χ1v) is 8.70. The molecule has 0 aliphatic carbocycles. The molecule has 1 aromatic carbocycles. The Morgan fingerprint density at radius 3 is 2.70 bits per heavy atom. The third-order valence-electron chi connectivity index (χ3n) is 2.84. The molecule has 0 spiro atoms. The normalized spacial score (nSPS) is 11.5. The van der Waals surface area contributed by atoms with Gasteiger partial charge >= 0.3 is 0 Å². The fraction of sp³-hybridized carbons (Fsp3) is 0.286. The number of nitrogens with one attached hydrogen (secondary N) is 2. The van der Waals surface area contributed by atoms with Crippen molar-refractivity contribution in [2.75, 3.05) is 11.8 Å². The summed E-state index contributed by atoms with van der Waals surface area (Å²) in [7, 11) is -1.66. The zero-order valence-electron chi connectivity index (χ0n) is 11.5. The molecule has 2 aromatic rings. The summed E-state index contributed by atoms with van der Waals surface area (Å²) >= 11 is 1.28. The van der Waals surface area contributed by atoms with Crippen molar-refractivity contribution in [2.45, 2.75) is 24.1 Å². The minimum Gasteiger partial charge on any atom is -0.315 e. The SMILES string of the molecule is CCc1cccc(NS(=O)(=O)c2ccc(CNC)s2)c1. The van der Waals surface area contributed by atoms with E-state index in [9.17, 15) is 8.42 Å². The van der Waals surface area contributed by atoms with Crippen LogP contribution in [0.5, 0.6) is 0 Å². The van der Waals surface area contributed by atoms with Crippen molar-refractivity contribution in [1.82, 2.24) is 5.32 Å². The molecule has 0 unspecified atom stereocenters. The summed E-state index contributed by atoms with van der Waals surface area (Å²) < 4.78 is 27.6. The van der Waals surface area contributed by atoms with Gasteiger partial charge in [-0.15, -0.1) is 11.3 Å². The zero-order chi connectivity index (χ0) is 14.6. The van der Waals surface area contributed by atoms with E-state index in [1.165, 1.54) is 11.3 Å². The van der Waals surface area contributed by atoms with Gasteiger partial charge in [-0.3, -0.25) is 4.72 Å². The highest BCUT2D eigenvalue weighted by Crippen LogP contribution is 2.24. The largest absolute Gasteiger partial charge is 0.315 e. The van der Waals surface area contributed by atoms with Crippen LogP contribution in [0.2, 0.25) is 0 Å². The molecule has 0 aliphatic heterocycles. The smallest absolute Gasteiger partial charge is 0.271 e. The number of benzene rings is 1. The van der Waals surface area contributed by atoms with Gasteiger partial charge in [0.05, 0.1) is 0 Å². The van der Waals surface area contributed by atoms with Crippen molar-refractivity contribution >= 4 is 27.0 Å². The first kappa shape index (κ1) is 15.0. The molecular formula is C14H18N2O2S2. The Balaban J connectivity index is 2.21. The Kier molecular flexibility index (Phi) is 4.80. The molecule has 1 heterocycles. The molecule has 2 rings (SSSR count). The Bertz CT molecular complexity index is 678. The Labute approximate surface area is 123 Å². The fourth-order valence-corrected chi connectivity index (χ4v) is 4.25. The van der Waals surface area contributed by atoms with Gasteiger partial charge in [0.15, 0.2) is 0 Å². The van der Waals surface area contributed by atoms with E-state index in [-0.39, 0.29) is 0 Å². The van der Waals surface area contributed by atoms with Crippen molar-refractivity contribution in [3.63, 3.8) is 0 Å². The van der Waals surface area contributed by atoms with Gasteiger partial charge in [0.2, 0.25) is 0 Å². The van der Waals surface area contributed by atoms with E-state index in [0.29, 0.717) is 16.4 Å². The average molecular weight is 310 g/mol. The lowest BCUT2D eigenvalue weighted by Crippen LogP contribution is -2.11. The first-order chi connectivity index (χ1) is 9.55. The quantitative estimate of drug-likeness (QED) is 0.862. The second kappa shape index (κ2) is 6.39. The van der Waals surface area contributed by atoms with Gasteiger partial charge in [-0.05, 0) is 43.3 Å². The van der Waals surface area contributed by atoms with Gasteiger partial charge in [0.1, 0.15) is 4.21 Å². The monoisotopic (exact) mass is 310 g/mol. The predicted octanol–water partition coefficient (Wildman–Crippen LogP) is 2.83. The van der Waals surface area contributed by atoms with E-state index in [2.05, 4.69) is 10.0 Å². The van der Waals surface area contributed by atoms with Gasteiger partial charge < -0.3 is 5.32 Å². The predicted molar refractivity (Wildman–Crippen MR) is 83.7 cm³/mol. The van der Waals surface area contributed by atoms with Gasteiger partial charge in [-0.2, -0.15) is 0 Å². The minimum atomic E-state index is -3.50. The van der Waals surface area contributed by atoms with Gasteiger partial charge in [0.25, 0.3) is 10.0 Å². The molecule has 4 nitrogen and oxygen atoms in total. The molecule has 0 amide bonds. The van der Waals surface area contributed by atoms with Crippen LogP contribution in [0.15, 0.2) is 40.6 Å². The molecule has 0 atom stereocenters. The van der Waals surface area contributed by atoms with Crippen molar-refractivity contribution < 1.29 is 8.42 Å². The number of aryl methyl sites for hydroxylation is 1. The molecule has 6 heteroatoms. The maximum absolute atomic E-state index is 12.3. The number of sulfonamides is 1. The van der Waals surface area contributed by atoms with Gasteiger partial charge in [0, 0.05) is 17.1 Å². The van der Waals surface area contributed by atoms with Crippen LogP contribution in [0.4, 0.5) is 5.69 Å². The Morgan fingerprint density at radius 2 is 2.00 bits per heavy atom. The molecule has 0 saturated carbocycles. The molecule has 0 fully saturated rings. The molecule has 0 radical (unpaired) electrons. The molecular weight excluding hydrogens is 292 g/mol. The summed E-state index contributed by atoms with van der Waals surface area (Å²) in [5, 5.41) is 3.01. The van der Waals surface area contributed by atoms with E-state index >= 15 is 0 Å². The summed E-state index contributed by atoms with van der Waals surface area (Å²) in [5.41, 5.74) is 1.71. The van der Waals surface area contributed by atoms with E-state index in [1.807, 2.05) is 38.2 Å². The summed E-state index contributed by atoms with van der Waals surface area (Å²) in [4.78, 5) is 0.996. The topological polar surface area (TPSA) is 58.2 Å². The van der Waals surface area contributed by atoms with E-state index in [0.717, 1.165) is 16.9 Å². The van der Waals surface area contributed by atoms with Crippen LogP contribution in [0.25, 0.3) is 0 Å². The Hall–Kier alpha value is -1.37. The molecule has 0 aliphatic rings. The van der Waals surface area contributed by atoms with Gasteiger partial charge in [-0.1, -0.05) is 19.1 Å².